The third-order valence-electron chi connectivity index (χ3n) is 5.35. The number of rotatable bonds is 10. The third-order valence-corrected chi connectivity index (χ3v) is 9.83. The molecule has 0 saturated heterocycles. The maximum atomic E-state index is 14.4. The van der Waals surface area contributed by atoms with Gasteiger partial charge in [-0.25, -0.2) is 8.78 Å². The van der Waals surface area contributed by atoms with Crippen LogP contribution in [0.25, 0.3) is 0 Å². The normalized spacial score (nSPS) is 15.5. The molecule has 0 fully saturated rings. The highest BCUT2D eigenvalue weighted by atomic mass is 28.4. The van der Waals surface area contributed by atoms with Crippen LogP contribution in [-0.2, 0) is 10.8 Å². The highest BCUT2D eigenvalue weighted by Crippen LogP contribution is 2.38. The summed E-state index contributed by atoms with van der Waals surface area (Å²) < 4.78 is 34.6. The minimum atomic E-state index is -2.98. The second-order valence-electron chi connectivity index (χ2n) is 8.60. The Kier molecular flexibility index (Phi) is 8.18. The number of hydrogen-bond donors (Lipinski definition) is 1. The van der Waals surface area contributed by atoms with Gasteiger partial charge in [-0.05, 0) is 36.5 Å². The van der Waals surface area contributed by atoms with Gasteiger partial charge >= 0.3 is 0 Å². The lowest BCUT2D eigenvalue weighted by molar-refractivity contribution is -0.0710. The van der Waals surface area contributed by atoms with Crippen LogP contribution in [0.15, 0.2) is 43.0 Å². The minimum absolute atomic E-state index is 0.115. The highest BCUT2D eigenvalue weighted by molar-refractivity contribution is 6.74. The van der Waals surface area contributed by atoms with Crippen LogP contribution in [0.2, 0.25) is 18.1 Å². The molecule has 0 amide bonds. The summed E-state index contributed by atoms with van der Waals surface area (Å²) in [5, 5.41) is 10.2. The molecule has 0 bridgehead atoms. The summed E-state index contributed by atoms with van der Waals surface area (Å²) in [6, 6.07) is 9.72. The number of hydrogen-bond acceptors (Lipinski definition) is 2. The monoisotopic (exact) mass is 384 g/mol. The summed E-state index contributed by atoms with van der Waals surface area (Å²) in [7, 11) is -2.23. The number of halogens is 2. The van der Waals surface area contributed by atoms with Gasteiger partial charge in [-0.15, -0.1) is 6.58 Å². The molecule has 0 radical (unpaired) electrons. The first-order chi connectivity index (χ1) is 11.9. The van der Waals surface area contributed by atoms with Crippen LogP contribution in [0.3, 0.4) is 0 Å². The predicted octanol–water partition coefficient (Wildman–Crippen LogP) is 5.83. The summed E-state index contributed by atoms with van der Waals surface area (Å²) in [5.41, 5.74) is 1.09. The average molecular weight is 385 g/mol. The molecule has 1 N–H and O–H groups in total. The van der Waals surface area contributed by atoms with Gasteiger partial charge in [0, 0.05) is 12.3 Å². The summed E-state index contributed by atoms with van der Waals surface area (Å²) in [6.07, 6.45) is 1.24. The zero-order valence-electron chi connectivity index (χ0n) is 16.8. The van der Waals surface area contributed by atoms with Crippen LogP contribution in [0.1, 0.15) is 39.2 Å². The van der Waals surface area contributed by atoms with Crippen molar-refractivity contribution in [3.05, 3.63) is 48.6 Å². The van der Waals surface area contributed by atoms with E-state index < -0.39 is 39.3 Å². The number of benzene rings is 1. The van der Waals surface area contributed by atoms with Crippen LogP contribution in [-0.4, -0.2) is 32.1 Å². The first-order valence-electron chi connectivity index (χ1n) is 9.24. The predicted molar refractivity (Wildman–Crippen MR) is 107 cm³/mol. The van der Waals surface area contributed by atoms with Crippen LogP contribution >= 0.6 is 0 Å². The topological polar surface area (TPSA) is 29.5 Å². The molecule has 1 aromatic carbocycles. The molecule has 0 unspecified atom stereocenters. The molecule has 0 aliphatic heterocycles. The quantitative estimate of drug-likeness (QED) is 0.406. The van der Waals surface area contributed by atoms with E-state index >= 15 is 0 Å². The van der Waals surface area contributed by atoms with Crippen molar-refractivity contribution < 1.29 is 18.3 Å². The van der Waals surface area contributed by atoms with Gasteiger partial charge in [0.25, 0.3) is 5.92 Å². The van der Waals surface area contributed by atoms with E-state index in [0.29, 0.717) is 12.8 Å². The molecule has 5 heteroatoms. The molecule has 0 aliphatic rings. The van der Waals surface area contributed by atoms with Crippen molar-refractivity contribution in [2.24, 2.45) is 5.92 Å². The van der Waals surface area contributed by atoms with Crippen molar-refractivity contribution in [2.45, 2.75) is 70.2 Å². The Morgan fingerprint density at radius 2 is 1.77 bits per heavy atom. The third kappa shape index (κ3) is 7.29. The molecule has 0 saturated carbocycles. The number of aryl methyl sites for hydroxylation is 1. The Balaban J connectivity index is 2.59. The summed E-state index contributed by atoms with van der Waals surface area (Å²) in [6.45, 7) is 13.0. The minimum Gasteiger partial charge on any atom is -0.411 e. The number of aliphatic hydroxyl groups is 1. The number of alkyl halides is 2. The maximum absolute atomic E-state index is 14.4. The molecule has 26 heavy (non-hydrogen) atoms. The lowest BCUT2D eigenvalue weighted by Gasteiger charge is -2.37. The molecule has 2 atom stereocenters. The Morgan fingerprint density at radius 3 is 2.27 bits per heavy atom. The second kappa shape index (κ2) is 9.24. The van der Waals surface area contributed by atoms with Crippen LogP contribution in [0.4, 0.5) is 8.78 Å². The van der Waals surface area contributed by atoms with Crippen molar-refractivity contribution in [3.63, 3.8) is 0 Å². The van der Waals surface area contributed by atoms with Gasteiger partial charge in [0.15, 0.2) is 8.32 Å². The van der Waals surface area contributed by atoms with E-state index in [0.717, 1.165) is 5.56 Å². The molecule has 0 aliphatic carbocycles. The zero-order chi connectivity index (χ0) is 20.0. The first kappa shape index (κ1) is 23.0. The lowest BCUT2D eigenvalue weighted by atomic mass is 9.91. The highest BCUT2D eigenvalue weighted by Gasteiger charge is 2.42. The largest absolute Gasteiger partial charge is 0.411 e. The molecular formula is C21H34F2O2Si. The van der Waals surface area contributed by atoms with E-state index in [1.807, 2.05) is 64.2 Å². The summed E-state index contributed by atoms with van der Waals surface area (Å²) in [4.78, 5) is 0. The van der Waals surface area contributed by atoms with Gasteiger partial charge in [-0.3, -0.25) is 0 Å². The molecule has 0 spiro atoms. The van der Waals surface area contributed by atoms with Crippen molar-refractivity contribution in [1.82, 2.24) is 0 Å². The molecule has 148 valence electrons. The standard InChI is InChI=1S/C21H34F2O2Si/c1-7-18(19(24)14-13-17-11-9-8-10-12-17)15-21(22,23)16-25-26(5,6)20(2,3)4/h7-12,18-19,24H,1,13-16H2,2-6H3/t18-,19-/m1/s1. The lowest BCUT2D eigenvalue weighted by Crippen LogP contribution is -2.44. The van der Waals surface area contributed by atoms with Crippen molar-refractivity contribution in [1.29, 1.82) is 0 Å². The van der Waals surface area contributed by atoms with Crippen molar-refractivity contribution in [3.8, 4) is 0 Å². The molecule has 1 rings (SSSR count). The fourth-order valence-electron chi connectivity index (χ4n) is 2.46. The van der Waals surface area contributed by atoms with E-state index in [2.05, 4.69) is 6.58 Å². The Bertz CT molecular complexity index is 553. The fourth-order valence-corrected chi connectivity index (χ4v) is 3.46. The fraction of sp³-hybridized carbons (Fsp3) is 0.619. The SMILES string of the molecule is C=C[C@H](CC(F)(F)CO[Si](C)(C)C(C)(C)C)[C@H](O)CCc1ccccc1. The van der Waals surface area contributed by atoms with Crippen molar-refractivity contribution in [2.75, 3.05) is 6.61 Å². The first-order valence-corrected chi connectivity index (χ1v) is 12.1. The van der Waals surface area contributed by atoms with E-state index in [-0.39, 0.29) is 5.04 Å². The molecule has 0 aromatic heterocycles. The smallest absolute Gasteiger partial charge is 0.270 e. The van der Waals surface area contributed by atoms with E-state index in [4.69, 9.17) is 4.43 Å². The summed E-state index contributed by atoms with van der Waals surface area (Å²) >= 11 is 0. The second-order valence-corrected chi connectivity index (χ2v) is 13.4. The molecular weight excluding hydrogens is 350 g/mol. The Labute approximate surface area is 158 Å². The molecule has 1 aromatic rings. The van der Waals surface area contributed by atoms with Crippen LogP contribution < -0.4 is 0 Å². The van der Waals surface area contributed by atoms with Gasteiger partial charge < -0.3 is 9.53 Å². The van der Waals surface area contributed by atoms with E-state index in [1.165, 1.54) is 6.08 Å². The van der Waals surface area contributed by atoms with Gasteiger partial charge in [-0.1, -0.05) is 57.2 Å². The van der Waals surface area contributed by atoms with E-state index in [9.17, 15) is 13.9 Å². The Hall–Kier alpha value is -1.04. The van der Waals surface area contributed by atoms with Gasteiger partial charge in [0.1, 0.15) is 0 Å². The van der Waals surface area contributed by atoms with Gasteiger partial charge in [0.2, 0.25) is 0 Å². The van der Waals surface area contributed by atoms with Crippen LogP contribution in [0, 0.1) is 5.92 Å². The van der Waals surface area contributed by atoms with Gasteiger partial charge in [-0.2, -0.15) is 0 Å². The average Bonchev–Trinajstić information content (AvgIpc) is 2.56. The van der Waals surface area contributed by atoms with Gasteiger partial charge in [0.05, 0.1) is 12.7 Å². The zero-order valence-corrected chi connectivity index (χ0v) is 17.8. The van der Waals surface area contributed by atoms with E-state index in [1.54, 1.807) is 0 Å². The summed E-state index contributed by atoms with van der Waals surface area (Å²) in [5.74, 6) is -3.64. The molecule has 0 heterocycles. The number of aliphatic hydroxyl groups excluding tert-OH is 1. The molecule has 2 nitrogen and oxygen atoms in total. The maximum Gasteiger partial charge on any atom is 0.270 e. The van der Waals surface area contributed by atoms with Crippen LogP contribution in [0.5, 0.6) is 0 Å². The Morgan fingerprint density at radius 1 is 1.19 bits per heavy atom. The van der Waals surface area contributed by atoms with Crippen molar-refractivity contribution >= 4 is 8.32 Å².